The Labute approximate surface area is 169 Å². The molecule has 0 aliphatic carbocycles. The number of hydrogen-bond donors (Lipinski definition) is 1. The van der Waals surface area contributed by atoms with Gasteiger partial charge in [0.25, 0.3) is 5.91 Å². The summed E-state index contributed by atoms with van der Waals surface area (Å²) in [5, 5.41) is 13.9. The average Bonchev–Trinajstić information content (AvgIpc) is 3.36. The minimum Gasteiger partial charge on any atom is -0.493 e. The molecule has 5 rings (SSSR count). The summed E-state index contributed by atoms with van der Waals surface area (Å²) in [5.41, 5.74) is 6.89. The highest BCUT2D eigenvalue weighted by Gasteiger charge is 2.27. The lowest BCUT2D eigenvalue weighted by Gasteiger charge is -2.27. The predicted molar refractivity (Wildman–Crippen MR) is 109 cm³/mol. The van der Waals surface area contributed by atoms with E-state index >= 15 is 0 Å². The van der Waals surface area contributed by atoms with Crippen molar-refractivity contribution in [2.45, 2.75) is 26.0 Å². The molecular formula is C23H23N3O3. The Morgan fingerprint density at radius 1 is 1.14 bits per heavy atom. The Morgan fingerprint density at radius 2 is 1.93 bits per heavy atom. The van der Waals surface area contributed by atoms with E-state index in [1.807, 2.05) is 47.0 Å². The molecule has 0 radical (unpaired) electrons. The summed E-state index contributed by atoms with van der Waals surface area (Å²) in [6.07, 6.45) is 1.70. The lowest BCUT2D eigenvalue weighted by atomic mass is 10.00. The van der Waals surface area contributed by atoms with Crippen LogP contribution in [0.2, 0.25) is 0 Å². The fourth-order valence-corrected chi connectivity index (χ4v) is 4.32. The topological polar surface area (TPSA) is 67.6 Å². The zero-order chi connectivity index (χ0) is 20.0. The van der Waals surface area contributed by atoms with Crippen molar-refractivity contribution >= 4 is 5.91 Å². The quantitative estimate of drug-likeness (QED) is 0.748. The van der Waals surface area contributed by atoms with Gasteiger partial charge in [-0.1, -0.05) is 18.2 Å². The SMILES string of the molecule is Cn1nc(CO)c2c1CCN(C(=O)c1ccc(-c3ccc4c(c3)CCO4)cc1)C2. The van der Waals surface area contributed by atoms with Crippen LogP contribution >= 0.6 is 0 Å². The second kappa shape index (κ2) is 7.04. The van der Waals surface area contributed by atoms with E-state index in [0.29, 0.717) is 24.3 Å². The highest BCUT2D eigenvalue weighted by Crippen LogP contribution is 2.31. The molecule has 3 heterocycles. The number of aromatic nitrogens is 2. The predicted octanol–water partition coefficient (Wildman–Crippen LogP) is 2.71. The van der Waals surface area contributed by atoms with Crippen molar-refractivity contribution < 1.29 is 14.6 Å². The van der Waals surface area contributed by atoms with Gasteiger partial charge in [0.15, 0.2) is 0 Å². The van der Waals surface area contributed by atoms with Gasteiger partial charge in [0, 0.05) is 49.8 Å². The third-order valence-electron chi connectivity index (χ3n) is 5.92. The van der Waals surface area contributed by atoms with Crippen molar-refractivity contribution in [1.82, 2.24) is 14.7 Å². The number of hydrogen-bond acceptors (Lipinski definition) is 4. The molecule has 3 aromatic rings. The van der Waals surface area contributed by atoms with E-state index in [9.17, 15) is 9.90 Å². The molecule has 2 aromatic carbocycles. The van der Waals surface area contributed by atoms with Gasteiger partial charge in [0.05, 0.1) is 18.9 Å². The van der Waals surface area contributed by atoms with Crippen LogP contribution in [0.1, 0.15) is 32.9 Å². The van der Waals surface area contributed by atoms with Gasteiger partial charge >= 0.3 is 0 Å². The van der Waals surface area contributed by atoms with E-state index in [0.717, 1.165) is 47.6 Å². The molecule has 6 nitrogen and oxygen atoms in total. The van der Waals surface area contributed by atoms with Gasteiger partial charge in [-0.15, -0.1) is 0 Å². The number of benzene rings is 2. The van der Waals surface area contributed by atoms with Crippen molar-refractivity contribution in [1.29, 1.82) is 0 Å². The summed E-state index contributed by atoms with van der Waals surface area (Å²) < 4.78 is 7.40. The lowest BCUT2D eigenvalue weighted by Crippen LogP contribution is -2.36. The number of carbonyl (C=O) groups excluding carboxylic acids is 1. The smallest absolute Gasteiger partial charge is 0.254 e. The molecule has 148 valence electrons. The number of fused-ring (bicyclic) bond motifs is 2. The van der Waals surface area contributed by atoms with Crippen LogP contribution in [0.15, 0.2) is 42.5 Å². The van der Waals surface area contributed by atoms with Crippen LogP contribution in [0.25, 0.3) is 11.1 Å². The van der Waals surface area contributed by atoms with Crippen LogP contribution in [-0.4, -0.2) is 38.8 Å². The monoisotopic (exact) mass is 389 g/mol. The summed E-state index contributed by atoms with van der Waals surface area (Å²) in [6, 6.07) is 14.1. The van der Waals surface area contributed by atoms with Crippen molar-refractivity contribution in [3.63, 3.8) is 0 Å². The van der Waals surface area contributed by atoms with Crippen molar-refractivity contribution in [2.24, 2.45) is 7.05 Å². The zero-order valence-corrected chi connectivity index (χ0v) is 16.4. The van der Waals surface area contributed by atoms with Gasteiger partial charge in [-0.2, -0.15) is 5.10 Å². The maximum absolute atomic E-state index is 13.0. The molecule has 2 aliphatic rings. The number of aliphatic hydroxyl groups is 1. The van der Waals surface area contributed by atoms with Crippen LogP contribution in [-0.2, 0) is 33.0 Å². The third kappa shape index (κ3) is 3.09. The number of carbonyl (C=O) groups is 1. The number of nitrogens with zero attached hydrogens (tertiary/aromatic N) is 3. The Hall–Kier alpha value is -3.12. The maximum Gasteiger partial charge on any atom is 0.254 e. The summed E-state index contributed by atoms with van der Waals surface area (Å²) >= 11 is 0. The molecule has 0 saturated carbocycles. The first-order chi connectivity index (χ1) is 14.1. The third-order valence-corrected chi connectivity index (χ3v) is 5.92. The Morgan fingerprint density at radius 3 is 2.72 bits per heavy atom. The molecule has 0 unspecified atom stereocenters. The van der Waals surface area contributed by atoms with E-state index in [1.165, 1.54) is 5.56 Å². The van der Waals surface area contributed by atoms with Gasteiger partial charge in [0.2, 0.25) is 0 Å². The average molecular weight is 389 g/mol. The second-order valence-electron chi connectivity index (χ2n) is 7.63. The first-order valence-corrected chi connectivity index (χ1v) is 9.94. The van der Waals surface area contributed by atoms with Crippen molar-refractivity contribution in [3.05, 3.63) is 70.5 Å². The minimum absolute atomic E-state index is 0.0114. The molecule has 0 fully saturated rings. The summed E-state index contributed by atoms with van der Waals surface area (Å²) in [5.74, 6) is 0.986. The molecule has 0 saturated heterocycles. The molecule has 1 aromatic heterocycles. The fraction of sp³-hybridized carbons (Fsp3) is 0.304. The van der Waals surface area contributed by atoms with E-state index in [4.69, 9.17) is 4.74 Å². The first-order valence-electron chi connectivity index (χ1n) is 9.94. The second-order valence-corrected chi connectivity index (χ2v) is 7.63. The highest BCUT2D eigenvalue weighted by atomic mass is 16.5. The van der Waals surface area contributed by atoms with E-state index in [1.54, 1.807) is 0 Å². The standard InChI is InChI=1S/C23H23N3O3/c1-25-21-8-10-26(13-19(21)20(14-27)24-25)23(28)16-4-2-15(3-5-16)17-6-7-22-18(12-17)9-11-29-22/h2-7,12,27H,8-11,13-14H2,1H3. The minimum atomic E-state index is -0.105. The highest BCUT2D eigenvalue weighted by molar-refractivity contribution is 5.95. The lowest BCUT2D eigenvalue weighted by molar-refractivity contribution is 0.0732. The van der Waals surface area contributed by atoms with Gasteiger partial charge in [-0.25, -0.2) is 0 Å². The molecule has 1 amide bonds. The van der Waals surface area contributed by atoms with E-state index in [-0.39, 0.29) is 12.5 Å². The van der Waals surface area contributed by atoms with Gasteiger partial charge in [-0.05, 0) is 41.0 Å². The molecule has 29 heavy (non-hydrogen) atoms. The van der Waals surface area contributed by atoms with Gasteiger partial charge in [0.1, 0.15) is 5.75 Å². The largest absolute Gasteiger partial charge is 0.493 e. The summed E-state index contributed by atoms with van der Waals surface area (Å²) in [6.45, 7) is 1.79. The molecule has 0 spiro atoms. The number of amides is 1. The number of rotatable bonds is 3. The van der Waals surface area contributed by atoms with Crippen molar-refractivity contribution in [3.8, 4) is 16.9 Å². The van der Waals surface area contributed by atoms with E-state index in [2.05, 4.69) is 17.2 Å². The number of aryl methyl sites for hydroxylation is 1. The van der Waals surface area contributed by atoms with Crippen LogP contribution in [0.5, 0.6) is 5.75 Å². The molecule has 2 aliphatic heterocycles. The Bertz CT molecular complexity index is 1090. The maximum atomic E-state index is 13.0. The molecule has 0 atom stereocenters. The molecule has 6 heteroatoms. The Balaban J connectivity index is 1.36. The Kier molecular flexibility index (Phi) is 4.36. The van der Waals surface area contributed by atoms with Gasteiger partial charge < -0.3 is 14.7 Å². The summed E-state index contributed by atoms with van der Waals surface area (Å²) in [7, 11) is 1.89. The van der Waals surface area contributed by atoms with Crippen LogP contribution in [0.3, 0.4) is 0 Å². The fourth-order valence-electron chi connectivity index (χ4n) is 4.32. The van der Waals surface area contributed by atoms with E-state index < -0.39 is 0 Å². The molecule has 0 bridgehead atoms. The number of aliphatic hydroxyl groups excluding tert-OH is 1. The van der Waals surface area contributed by atoms with Gasteiger partial charge in [-0.3, -0.25) is 9.48 Å². The first kappa shape index (κ1) is 17.9. The zero-order valence-electron chi connectivity index (χ0n) is 16.4. The number of ether oxygens (including phenoxy) is 1. The van der Waals surface area contributed by atoms with Crippen LogP contribution in [0, 0.1) is 0 Å². The normalized spacial score (nSPS) is 15.0. The summed E-state index contributed by atoms with van der Waals surface area (Å²) in [4.78, 5) is 14.9. The molecule has 1 N–H and O–H groups in total. The van der Waals surface area contributed by atoms with Crippen molar-refractivity contribution in [2.75, 3.05) is 13.2 Å². The molecular weight excluding hydrogens is 366 g/mol. The van der Waals surface area contributed by atoms with Crippen LogP contribution < -0.4 is 4.74 Å². The van der Waals surface area contributed by atoms with Crippen LogP contribution in [0.4, 0.5) is 0 Å².